The highest BCUT2D eigenvalue weighted by atomic mass is 32.1. The van der Waals surface area contributed by atoms with Crippen molar-refractivity contribution >= 4 is 29.2 Å². The van der Waals surface area contributed by atoms with Crippen LogP contribution in [0.5, 0.6) is 5.75 Å². The highest BCUT2D eigenvalue weighted by Crippen LogP contribution is 2.16. The second-order valence-electron chi connectivity index (χ2n) is 8.01. The Morgan fingerprint density at radius 1 is 1.03 bits per heavy atom. The molecule has 0 aliphatic heterocycles. The number of hydrogen-bond donors (Lipinski definition) is 2. The molecule has 0 spiro atoms. The zero-order valence-corrected chi connectivity index (χ0v) is 20.1. The van der Waals surface area contributed by atoms with E-state index in [2.05, 4.69) is 10.6 Å². The number of carbonyl (C=O) groups excluding carboxylic acids is 2. The molecule has 0 radical (unpaired) electrons. The highest BCUT2D eigenvalue weighted by Gasteiger charge is 2.16. The monoisotopic (exact) mass is 462 g/mol. The van der Waals surface area contributed by atoms with E-state index < -0.39 is 0 Å². The maximum Gasteiger partial charge on any atom is 0.267 e. The van der Waals surface area contributed by atoms with Crippen LogP contribution in [0.3, 0.4) is 0 Å². The molecule has 0 atom stereocenters. The van der Waals surface area contributed by atoms with Crippen molar-refractivity contribution < 1.29 is 14.3 Å². The zero-order chi connectivity index (χ0) is 23.6. The Morgan fingerprint density at radius 3 is 2.45 bits per heavy atom. The Kier molecular flexibility index (Phi) is 8.84. The predicted octanol–water partition coefficient (Wildman–Crippen LogP) is 5.36. The maximum atomic E-state index is 12.9. The zero-order valence-electron chi connectivity index (χ0n) is 19.3. The van der Waals surface area contributed by atoms with Crippen molar-refractivity contribution in [1.29, 1.82) is 0 Å². The number of ether oxygens (including phenoxy) is 1. The van der Waals surface area contributed by atoms with Gasteiger partial charge in [-0.3, -0.25) is 9.59 Å². The first-order valence-electron chi connectivity index (χ1n) is 11.1. The number of benzene rings is 2. The summed E-state index contributed by atoms with van der Waals surface area (Å²) in [6.07, 6.45) is 3.48. The van der Waals surface area contributed by atoms with Crippen LogP contribution in [0.1, 0.15) is 46.6 Å². The van der Waals surface area contributed by atoms with Gasteiger partial charge in [0, 0.05) is 17.0 Å². The summed E-state index contributed by atoms with van der Waals surface area (Å²) in [5, 5.41) is 7.66. The molecule has 0 fully saturated rings. The first kappa shape index (κ1) is 24.3. The highest BCUT2D eigenvalue weighted by molar-refractivity contribution is 7.10. The fourth-order valence-electron chi connectivity index (χ4n) is 3.29. The van der Waals surface area contributed by atoms with Crippen LogP contribution in [0.4, 0.5) is 0 Å². The fraction of sp³-hybridized carbons (Fsp3) is 0.259. The minimum absolute atomic E-state index is 0.147. The summed E-state index contributed by atoms with van der Waals surface area (Å²) < 4.78 is 5.67. The third-order valence-electron chi connectivity index (χ3n) is 4.94. The first-order chi connectivity index (χ1) is 15.9. The summed E-state index contributed by atoms with van der Waals surface area (Å²) in [6, 6.07) is 19.2. The molecule has 1 aromatic heterocycles. The Bertz CT molecular complexity index is 1090. The molecular weight excluding hydrogens is 432 g/mol. The van der Waals surface area contributed by atoms with E-state index in [0.717, 1.165) is 29.0 Å². The lowest BCUT2D eigenvalue weighted by Crippen LogP contribution is -2.35. The molecule has 0 bridgehead atoms. The van der Waals surface area contributed by atoms with Crippen molar-refractivity contribution in [1.82, 2.24) is 10.6 Å². The van der Waals surface area contributed by atoms with Crippen LogP contribution in [0.15, 0.2) is 71.7 Å². The lowest BCUT2D eigenvalue weighted by atomic mass is 10.1. The molecule has 0 saturated heterocycles. The van der Waals surface area contributed by atoms with Gasteiger partial charge in [-0.25, -0.2) is 0 Å². The van der Waals surface area contributed by atoms with E-state index in [1.54, 1.807) is 12.1 Å². The smallest absolute Gasteiger partial charge is 0.267 e. The molecule has 3 aromatic rings. The minimum atomic E-state index is -0.300. The van der Waals surface area contributed by atoms with Crippen LogP contribution in [-0.4, -0.2) is 24.5 Å². The molecule has 0 saturated carbocycles. The normalized spacial score (nSPS) is 11.3. The molecule has 3 rings (SSSR count). The van der Waals surface area contributed by atoms with Crippen molar-refractivity contribution in [2.45, 2.75) is 39.7 Å². The van der Waals surface area contributed by atoms with E-state index in [4.69, 9.17) is 4.74 Å². The van der Waals surface area contributed by atoms with E-state index in [1.807, 2.05) is 80.7 Å². The van der Waals surface area contributed by atoms with E-state index in [9.17, 15) is 9.59 Å². The van der Waals surface area contributed by atoms with Crippen LogP contribution < -0.4 is 15.4 Å². The van der Waals surface area contributed by atoms with Gasteiger partial charge in [-0.2, -0.15) is 0 Å². The van der Waals surface area contributed by atoms with Crippen LogP contribution in [0.25, 0.3) is 6.08 Å². The lowest BCUT2D eigenvalue weighted by Gasteiger charge is -2.12. The minimum Gasteiger partial charge on any atom is -0.491 e. The Morgan fingerprint density at radius 2 is 1.79 bits per heavy atom. The van der Waals surface area contributed by atoms with Crippen LogP contribution in [0, 0.1) is 6.92 Å². The second-order valence-corrected chi connectivity index (χ2v) is 8.99. The summed E-state index contributed by atoms with van der Waals surface area (Å²) in [5.41, 5.74) is 2.83. The standard InChI is InChI=1S/C27H30N2O3S/c1-19(2)32-22-14-12-21(13-15-22)9-6-16-28-27(31)25(18-23-10-7-17-33-23)29-26(30)24-11-5-4-8-20(24)3/h4-5,7-8,10-15,17-19H,6,9,16H2,1-3H3,(H,28,31)(H,29,30)/b25-18-. The largest absolute Gasteiger partial charge is 0.491 e. The molecule has 2 aromatic carbocycles. The lowest BCUT2D eigenvalue weighted by molar-refractivity contribution is -0.117. The molecule has 5 nitrogen and oxygen atoms in total. The third-order valence-corrected chi connectivity index (χ3v) is 5.75. The summed E-state index contributed by atoms with van der Waals surface area (Å²) in [4.78, 5) is 26.6. The number of hydrogen-bond acceptors (Lipinski definition) is 4. The van der Waals surface area contributed by atoms with Gasteiger partial charge in [0.05, 0.1) is 6.10 Å². The number of carbonyl (C=O) groups is 2. The van der Waals surface area contributed by atoms with Crippen LogP contribution in [0.2, 0.25) is 0 Å². The molecular formula is C27H30N2O3S. The van der Waals surface area contributed by atoms with E-state index in [1.165, 1.54) is 16.9 Å². The van der Waals surface area contributed by atoms with E-state index in [-0.39, 0.29) is 23.6 Å². The molecule has 2 amide bonds. The Hall–Kier alpha value is -3.38. The van der Waals surface area contributed by atoms with Gasteiger partial charge in [0.25, 0.3) is 11.8 Å². The number of amides is 2. The summed E-state index contributed by atoms with van der Waals surface area (Å²) in [5.74, 6) is 0.260. The quantitative estimate of drug-likeness (QED) is 0.315. The molecule has 0 aliphatic carbocycles. The van der Waals surface area contributed by atoms with Gasteiger partial charge in [-0.1, -0.05) is 36.4 Å². The van der Waals surface area contributed by atoms with Crippen molar-refractivity contribution in [2.24, 2.45) is 0 Å². The van der Waals surface area contributed by atoms with Crippen LogP contribution >= 0.6 is 11.3 Å². The molecule has 2 N–H and O–H groups in total. The van der Waals surface area contributed by atoms with Gasteiger partial charge in [0.2, 0.25) is 0 Å². The topological polar surface area (TPSA) is 67.4 Å². The average molecular weight is 463 g/mol. The number of thiophene rings is 1. The van der Waals surface area contributed by atoms with Crippen molar-refractivity contribution in [2.75, 3.05) is 6.54 Å². The first-order valence-corrected chi connectivity index (χ1v) is 12.0. The van der Waals surface area contributed by atoms with Gasteiger partial charge < -0.3 is 15.4 Å². The van der Waals surface area contributed by atoms with Gasteiger partial charge in [-0.05, 0) is 80.5 Å². The predicted molar refractivity (Wildman–Crippen MR) is 134 cm³/mol. The molecule has 0 aliphatic rings. The summed E-state index contributed by atoms with van der Waals surface area (Å²) >= 11 is 1.51. The maximum absolute atomic E-state index is 12.9. The number of aryl methyl sites for hydroxylation is 2. The number of nitrogens with one attached hydrogen (secondary N) is 2. The fourth-order valence-corrected chi connectivity index (χ4v) is 3.95. The average Bonchev–Trinajstić information content (AvgIpc) is 3.30. The van der Waals surface area contributed by atoms with Gasteiger partial charge in [0.15, 0.2) is 0 Å². The molecule has 1 heterocycles. The molecule has 6 heteroatoms. The molecule has 0 unspecified atom stereocenters. The van der Waals surface area contributed by atoms with Gasteiger partial charge in [-0.15, -0.1) is 11.3 Å². The summed E-state index contributed by atoms with van der Waals surface area (Å²) in [7, 11) is 0. The third kappa shape index (κ3) is 7.61. The van der Waals surface area contributed by atoms with Crippen molar-refractivity contribution in [3.63, 3.8) is 0 Å². The van der Waals surface area contributed by atoms with Crippen LogP contribution in [-0.2, 0) is 11.2 Å². The Labute approximate surface area is 199 Å². The van der Waals surface area contributed by atoms with E-state index in [0.29, 0.717) is 12.1 Å². The summed E-state index contributed by atoms with van der Waals surface area (Å²) in [6.45, 7) is 6.38. The molecule has 172 valence electrons. The van der Waals surface area contributed by atoms with Crippen molar-refractivity contribution in [3.8, 4) is 5.75 Å². The van der Waals surface area contributed by atoms with Gasteiger partial charge in [0.1, 0.15) is 11.4 Å². The molecule has 33 heavy (non-hydrogen) atoms. The number of rotatable bonds is 10. The van der Waals surface area contributed by atoms with Gasteiger partial charge >= 0.3 is 0 Å². The second kappa shape index (κ2) is 12.0. The Balaban J connectivity index is 1.58. The van der Waals surface area contributed by atoms with E-state index >= 15 is 0 Å². The SMILES string of the molecule is Cc1ccccc1C(=O)N/C(=C\c1cccs1)C(=O)NCCCc1ccc(OC(C)C)cc1. The van der Waals surface area contributed by atoms with Crippen molar-refractivity contribution in [3.05, 3.63) is 93.3 Å².